The predicted octanol–water partition coefficient (Wildman–Crippen LogP) is 2.75. The van der Waals surface area contributed by atoms with E-state index in [2.05, 4.69) is 17.2 Å². The number of aliphatic hydroxyl groups is 1. The zero-order chi connectivity index (χ0) is 12.1. The average molecular weight is 228 g/mol. The van der Waals surface area contributed by atoms with Gasteiger partial charge >= 0.3 is 0 Å². The fourth-order valence-electron chi connectivity index (χ4n) is 1.66. The molecule has 3 heteroatoms. The molecule has 1 heterocycles. The van der Waals surface area contributed by atoms with Crippen LogP contribution in [0.5, 0.6) is 0 Å². The second kappa shape index (κ2) is 5.46. The van der Waals surface area contributed by atoms with Crippen molar-refractivity contribution in [1.82, 2.24) is 4.98 Å². The van der Waals surface area contributed by atoms with E-state index in [9.17, 15) is 0 Å². The molecule has 88 valence electrons. The molecular formula is C14H16N2O. The van der Waals surface area contributed by atoms with Gasteiger partial charge in [0.05, 0.1) is 18.3 Å². The molecule has 1 atom stereocenters. The Morgan fingerprint density at radius 2 is 1.94 bits per heavy atom. The van der Waals surface area contributed by atoms with Crippen LogP contribution in [0.4, 0.5) is 5.69 Å². The highest BCUT2D eigenvalue weighted by Crippen LogP contribution is 2.17. The number of anilines is 1. The lowest BCUT2D eigenvalue weighted by Gasteiger charge is -2.14. The van der Waals surface area contributed by atoms with Gasteiger partial charge in [-0.1, -0.05) is 18.2 Å². The summed E-state index contributed by atoms with van der Waals surface area (Å²) in [5.74, 6) is 0. The molecule has 3 nitrogen and oxygen atoms in total. The number of benzene rings is 1. The summed E-state index contributed by atoms with van der Waals surface area (Å²) < 4.78 is 0. The lowest BCUT2D eigenvalue weighted by atomic mass is 10.1. The van der Waals surface area contributed by atoms with Crippen LogP contribution in [0.3, 0.4) is 0 Å². The third kappa shape index (κ3) is 3.04. The van der Waals surface area contributed by atoms with Gasteiger partial charge in [0.1, 0.15) is 0 Å². The molecule has 0 aliphatic heterocycles. The van der Waals surface area contributed by atoms with Crippen LogP contribution >= 0.6 is 0 Å². The van der Waals surface area contributed by atoms with E-state index in [-0.39, 0.29) is 12.6 Å². The van der Waals surface area contributed by atoms with E-state index in [0.717, 1.165) is 16.9 Å². The van der Waals surface area contributed by atoms with Gasteiger partial charge in [-0.3, -0.25) is 4.98 Å². The van der Waals surface area contributed by atoms with Crippen molar-refractivity contribution in [2.24, 2.45) is 0 Å². The minimum absolute atomic E-state index is 0.0794. The Morgan fingerprint density at radius 3 is 2.53 bits per heavy atom. The van der Waals surface area contributed by atoms with E-state index in [1.165, 1.54) is 0 Å². The second-order valence-electron chi connectivity index (χ2n) is 3.98. The van der Waals surface area contributed by atoms with Crippen molar-refractivity contribution in [3.05, 3.63) is 59.9 Å². The highest BCUT2D eigenvalue weighted by molar-refractivity contribution is 5.46. The van der Waals surface area contributed by atoms with E-state index in [1.807, 2.05) is 42.5 Å². The first-order valence-electron chi connectivity index (χ1n) is 5.67. The predicted molar refractivity (Wildman–Crippen MR) is 68.6 cm³/mol. The number of aromatic nitrogens is 1. The summed E-state index contributed by atoms with van der Waals surface area (Å²) in [4.78, 5) is 4.31. The van der Waals surface area contributed by atoms with Crippen LogP contribution in [0.2, 0.25) is 0 Å². The largest absolute Gasteiger partial charge is 0.392 e. The fraction of sp³-hybridized carbons (Fsp3) is 0.214. The van der Waals surface area contributed by atoms with Gasteiger partial charge in [-0.05, 0) is 36.8 Å². The van der Waals surface area contributed by atoms with Crippen LogP contribution in [0.25, 0.3) is 0 Å². The molecule has 17 heavy (non-hydrogen) atoms. The Balaban J connectivity index is 2.05. The summed E-state index contributed by atoms with van der Waals surface area (Å²) in [6, 6.07) is 13.8. The fourth-order valence-corrected chi connectivity index (χ4v) is 1.66. The molecule has 0 amide bonds. The monoisotopic (exact) mass is 228 g/mol. The third-order valence-electron chi connectivity index (χ3n) is 2.65. The summed E-state index contributed by atoms with van der Waals surface area (Å²) in [6.45, 7) is 2.15. The van der Waals surface area contributed by atoms with Crippen LogP contribution in [0.1, 0.15) is 24.2 Å². The molecule has 0 aliphatic carbocycles. The van der Waals surface area contributed by atoms with Gasteiger partial charge in [-0.2, -0.15) is 0 Å². The molecule has 0 saturated carbocycles. The SMILES string of the molecule is CC(Nc1ccc(CO)cc1)c1ccccn1. The molecule has 2 aromatic rings. The Bertz CT molecular complexity index is 453. The summed E-state index contributed by atoms with van der Waals surface area (Å²) in [7, 11) is 0. The van der Waals surface area contributed by atoms with E-state index >= 15 is 0 Å². The molecule has 0 spiro atoms. The molecule has 0 aliphatic rings. The molecule has 1 unspecified atom stereocenters. The number of nitrogens with zero attached hydrogens (tertiary/aromatic N) is 1. The number of nitrogens with one attached hydrogen (secondary N) is 1. The standard InChI is InChI=1S/C14H16N2O/c1-11(14-4-2-3-9-15-14)16-13-7-5-12(10-17)6-8-13/h2-9,11,16-17H,10H2,1H3. The first-order valence-corrected chi connectivity index (χ1v) is 5.67. The lowest BCUT2D eigenvalue weighted by Crippen LogP contribution is -2.08. The minimum Gasteiger partial charge on any atom is -0.392 e. The highest BCUT2D eigenvalue weighted by Gasteiger charge is 2.05. The highest BCUT2D eigenvalue weighted by atomic mass is 16.3. The third-order valence-corrected chi connectivity index (χ3v) is 2.65. The Morgan fingerprint density at radius 1 is 1.18 bits per heavy atom. The first kappa shape index (κ1) is 11.6. The number of hydrogen-bond acceptors (Lipinski definition) is 3. The van der Waals surface area contributed by atoms with Gasteiger partial charge in [-0.25, -0.2) is 0 Å². The molecule has 0 radical (unpaired) electrons. The van der Waals surface area contributed by atoms with Crippen molar-refractivity contribution < 1.29 is 5.11 Å². The maximum atomic E-state index is 8.96. The van der Waals surface area contributed by atoms with Gasteiger partial charge in [0.25, 0.3) is 0 Å². The Hall–Kier alpha value is -1.87. The molecule has 0 fully saturated rings. The number of rotatable bonds is 4. The topological polar surface area (TPSA) is 45.1 Å². The van der Waals surface area contributed by atoms with Crippen molar-refractivity contribution in [2.45, 2.75) is 19.6 Å². The van der Waals surface area contributed by atoms with Gasteiger partial charge in [0, 0.05) is 11.9 Å². The van der Waals surface area contributed by atoms with E-state index < -0.39 is 0 Å². The van der Waals surface area contributed by atoms with Crippen molar-refractivity contribution in [3.8, 4) is 0 Å². The van der Waals surface area contributed by atoms with Crippen LogP contribution < -0.4 is 5.32 Å². The summed E-state index contributed by atoms with van der Waals surface area (Å²) >= 11 is 0. The molecule has 0 bridgehead atoms. The number of pyridine rings is 1. The van der Waals surface area contributed by atoms with Gasteiger partial charge in [0.2, 0.25) is 0 Å². The molecule has 1 aromatic carbocycles. The quantitative estimate of drug-likeness (QED) is 0.845. The van der Waals surface area contributed by atoms with Crippen molar-refractivity contribution in [2.75, 3.05) is 5.32 Å². The molecule has 2 rings (SSSR count). The first-order chi connectivity index (χ1) is 8.29. The van der Waals surface area contributed by atoms with Crippen molar-refractivity contribution >= 4 is 5.69 Å². The summed E-state index contributed by atoms with van der Waals surface area (Å²) in [6.07, 6.45) is 1.79. The van der Waals surface area contributed by atoms with Crippen molar-refractivity contribution in [3.63, 3.8) is 0 Å². The lowest BCUT2D eigenvalue weighted by molar-refractivity contribution is 0.282. The normalized spacial score (nSPS) is 12.1. The summed E-state index contributed by atoms with van der Waals surface area (Å²) in [5, 5.41) is 12.3. The van der Waals surface area contributed by atoms with Crippen LogP contribution in [0, 0.1) is 0 Å². The number of hydrogen-bond donors (Lipinski definition) is 2. The van der Waals surface area contributed by atoms with Gasteiger partial charge in [0.15, 0.2) is 0 Å². The minimum atomic E-state index is 0.0794. The smallest absolute Gasteiger partial charge is 0.0681 e. The Kier molecular flexibility index (Phi) is 3.73. The van der Waals surface area contributed by atoms with Crippen LogP contribution in [0.15, 0.2) is 48.7 Å². The maximum Gasteiger partial charge on any atom is 0.0681 e. The van der Waals surface area contributed by atoms with Gasteiger partial charge in [-0.15, -0.1) is 0 Å². The van der Waals surface area contributed by atoms with Crippen LogP contribution in [-0.4, -0.2) is 10.1 Å². The second-order valence-corrected chi connectivity index (χ2v) is 3.98. The molecule has 0 saturated heterocycles. The average Bonchev–Trinajstić information content (AvgIpc) is 2.40. The number of aliphatic hydroxyl groups excluding tert-OH is 1. The maximum absolute atomic E-state index is 8.96. The van der Waals surface area contributed by atoms with E-state index in [1.54, 1.807) is 6.20 Å². The van der Waals surface area contributed by atoms with E-state index in [4.69, 9.17) is 5.11 Å². The molecule has 2 N–H and O–H groups in total. The summed E-state index contributed by atoms with van der Waals surface area (Å²) in [5.41, 5.74) is 2.96. The Labute approximate surface area is 101 Å². The van der Waals surface area contributed by atoms with E-state index in [0.29, 0.717) is 0 Å². The van der Waals surface area contributed by atoms with Gasteiger partial charge < -0.3 is 10.4 Å². The zero-order valence-electron chi connectivity index (χ0n) is 9.80. The van der Waals surface area contributed by atoms with Crippen molar-refractivity contribution in [1.29, 1.82) is 0 Å². The van der Waals surface area contributed by atoms with Crippen LogP contribution in [-0.2, 0) is 6.61 Å². The zero-order valence-corrected chi connectivity index (χ0v) is 9.80. The molecule has 1 aromatic heterocycles. The molecular weight excluding hydrogens is 212 g/mol.